The second-order valence-corrected chi connectivity index (χ2v) is 5.44. The third kappa shape index (κ3) is 3.20. The van der Waals surface area contributed by atoms with Crippen LogP contribution in [0.5, 0.6) is 0 Å². The molecular weight excluding hydrogens is 252 g/mol. The molecule has 1 aromatic heterocycles. The van der Waals surface area contributed by atoms with Crippen LogP contribution in [-0.4, -0.2) is 27.7 Å². The Bertz CT molecular complexity index is 591. The molecule has 0 saturated heterocycles. The summed E-state index contributed by atoms with van der Waals surface area (Å²) in [5.41, 5.74) is 0.720. The number of aromatic nitrogens is 1. The maximum absolute atomic E-state index is 12.2. The van der Waals surface area contributed by atoms with Crippen LogP contribution < -0.4 is 5.32 Å². The molecule has 1 amide bonds. The van der Waals surface area contributed by atoms with Crippen molar-refractivity contribution in [2.24, 2.45) is 0 Å². The summed E-state index contributed by atoms with van der Waals surface area (Å²) in [5, 5.41) is 13.2. The summed E-state index contributed by atoms with van der Waals surface area (Å²) < 4.78 is 1.94. The Labute approximate surface area is 119 Å². The summed E-state index contributed by atoms with van der Waals surface area (Å²) >= 11 is 0. The summed E-state index contributed by atoms with van der Waals surface area (Å²) in [4.78, 5) is 12.2. The minimum Gasteiger partial charge on any atom is -0.396 e. The number of nitrogens with one attached hydrogen (secondary N) is 1. The zero-order valence-electron chi connectivity index (χ0n) is 12.1. The largest absolute Gasteiger partial charge is 0.396 e. The first kappa shape index (κ1) is 14.6. The van der Waals surface area contributed by atoms with Gasteiger partial charge in [0.1, 0.15) is 6.54 Å². The third-order valence-electron chi connectivity index (χ3n) is 3.88. The maximum Gasteiger partial charge on any atom is 0.240 e. The lowest BCUT2D eigenvalue weighted by Crippen LogP contribution is -2.47. The quantitative estimate of drug-likeness (QED) is 0.849. The van der Waals surface area contributed by atoms with Crippen LogP contribution in [0.15, 0.2) is 36.5 Å². The molecule has 0 aliphatic rings. The fraction of sp³-hybridized carbons (Fsp3) is 0.438. The lowest BCUT2D eigenvalue weighted by Gasteiger charge is -2.29. The summed E-state index contributed by atoms with van der Waals surface area (Å²) in [7, 11) is 0. The number of benzene rings is 1. The molecule has 0 saturated carbocycles. The van der Waals surface area contributed by atoms with Crippen LogP contribution in [0, 0.1) is 0 Å². The standard InChI is InChI=1S/C16H22N2O2/c1-3-16(2,9-11-19)17-15(20)12-18-10-8-13-6-4-5-7-14(13)18/h4-8,10,19H,3,9,11-12H2,1-2H3,(H,17,20). The van der Waals surface area contributed by atoms with Gasteiger partial charge in [0.2, 0.25) is 5.91 Å². The predicted octanol–water partition coefficient (Wildman–Crippen LogP) is 2.31. The number of carbonyl (C=O) groups is 1. The van der Waals surface area contributed by atoms with Crippen molar-refractivity contribution in [2.45, 2.75) is 38.8 Å². The first-order valence-electron chi connectivity index (χ1n) is 7.04. The van der Waals surface area contributed by atoms with Crippen LogP contribution >= 0.6 is 0 Å². The molecule has 2 rings (SSSR count). The monoisotopic (exact) mass is 274 g/mol. The van der Waals surface area contributed by atoms with Crippen molar-refractivity contribution in [1.29, 1.82) is 0 Å². The molecule has 2 N–H and O–H groups in total. The number of hydrogen-bond donors (Lipinski definition) is 2. The number of aliphatic hydroxyl groups is 1. The molecule has 20 heavy (non-hydrogen) atoms. The van der Waals surface area contributed by atoms with Gasteiger partial charge in [-0.15, -0.1) is 0 Å². The molecule has 1 atom stereocenters. The van der Waals surface area contributed by atoms with Gasteiger partial charge in [-0.05, 0) is 37.3 Å². The van der Waals surface area contributed by atoms with Gasteiger partial charge in [0, 0.05) is 23.9 Å². The van der Waals surface area contributed by atoms with Crippen LogP contribution in [0.2, 0.25) is 0 Å². The number of nitrogens with zero attached hydrogens (tertiary/aromatic N) is 1. The van der Waals surface area contributed by atoms with E-state index in [1.807, 2.05) is 54.9 Å². The lowest BCUT2D eigenvalue weighted by atomic mass is 9.95. The van der Waals surface area contributed by atoms with Crippen LogP contribution in [-0.2, 0) is 11.3 Å². The van der Waals surface area contributed by atoms with Gasteiger partial charge in [0.25, 0.3) is 0 Å². The molecule has 0 spiro atoms. The average molecular weight is 274 g/mol. The van der Waals surface area contributed by atoms with Gasteiger partial charge < -0.3 is 15.0 Å². The van der Waals surface area contributed by atoms with Crippen LogP contribution in [0.4, 0.5) is 0 Å². The topological polar surface area (TPSA) is 54.3 Å². The van der Waals surface area contributed by atoms with E-state index in [4.69, 9.17) is 5.11 Å². The lowest BCUT2D eigenvalue weighted by molar-refractivity contribution is -0.123. The summed E-state index contributed by atoms with van der Waals surface area (Å²) in [6.45, 7) is 4.36. The summed E-state index contributed by atoms with van der Waals surface area (Å²) in [5.74, 6) is -0.0239. The van der Waals surface area contributed by atoms with E-state index in [9.17, 15) is 4.79 Å². The van der Waals surface area contributed by atoms with E-state index >= 15 is 0 Å². The van der Waals surface area contributed by atoms with Gasteiger partial charge >= 0.3 is 0 Å². The Morgan fingerprint density at radius 1 is 1.35 bits per heavy atom. The highest BCUT2D eigenvalue weighted by Gasteiger charge is 2.23. The van der Waals surface area contributed by atoms with Crippen molar-refractivity contribution in [3.05, 3.63) is 36.5 Å². The predicted molar refractivity (Wildman–Crippen MR) is 80.5 cm³/mol. The highest BCUT2D eigenvalue weighted by Crippen LogP contribution is 2.16. The minimum atomic E-state index is -0.339. The first-order valence-corrected chi connectivity index (χ1v) is 7.04. The number of amides is 1. The number of hydrogen-bond acceptors (Lipinski definition) is 2. The molecule has 0 radical (unpaired) electrons. The fourth-order valence-corrected chi connectivity index (χ4v) is 2.38. The Kier molecular flexibility index (Phi) is 4.45. The molecule has 0 aliphatic carbocycles. The number of aliphatic hydroxyl groups excluding tert-OH is 1. The Hall–Kier alpha value is -1.81. The van der Waals surface area contributed by atoms with Crippen molar-refractivity contribution in [3.8, 4) is 0 Å². The second kappa shape index (κ2) is 6.09. The molecule has 2 aromatic rings. The number of fused-ring (bicyclic) bond motifs is 1. The zero-order chi connectivity index (χ0) is 14.6. The number of carbonyl (C=O) groups excluding carboxylic acids is 1. The van der Waals surface area contributed by atoms with E-state index in [0.29, 0.717) is 13.0 Å². The molecule has 4 heteroatoms. The van der Waals surface area contributed by atoms with Gasteiger partial charge in [-0.25, -0.2) is 0 Å². The molecule has 1 aromatic carbocycles. The van der Waals surface area contributed by atoms with E-state index in [1.54, 1.807) is 0 Å². The summed E-state index contributed by atoms with van der Waals surface area (Å²) in [6.07, 6.45) is 3.30. The fourth-order valence-electron chi connectivity index (χ4n) is 2.38. The minimum absolute atomic E-state index is 0.0239. The van der Waals surface area contributed by atoms with Gasteiger partial charge in [-0.2, -0.15) is 0 Å². The highest BCUT2D eigenvalue weighted by atomic mass is 16.3. The van der Waals surface area contributed by atoms with E-state index in [-0.39, 0.29) is 18.1 Å². The average Bonchev–Trinajstić information content (AvgIpc) is 2.82. The van der Waals surface area contributed by atoms with E-state index in [1.165, 1.54) is 0 Å². The number of para-hydroxylation sites is 1. The van der Waals surface area contributed by atoms with E-state index in [0.717, 1.165) is 17.3 Å². The van der Waals surface area contributed by atoms with Crippen LogP contribution in [0.1, 0.15) is 26.7 Å². The summed E-state index contributed by atoms with van der Waals surface area (Å²) in [6, 6.07) is 10.0. The smallest absolute Gasteiger partial charge is 0.240 e. The molecule has 0 fully saturated rings. The highest BCUT2D eigenvalue weighted by molar-refractivity contribution is 5.83. The molecule has 0 aliphatic heterocycles. The molecule has 1 heterocycles. The molecule has 108 valence electrons. The maximum atomic E-state index is 12.2. The van der Waals surface area contributed by atoms with E-state index in [2.05, 4.69) is 5.32 Å². The van der Waals surface area contributed by atoms with Gasteiger partial charge in [-0.3, -0.25) is 4.79 Å². The molecule has 4 nitrogen and oxygen atoms in total. The van der Waals surface area contributed by atoms with Crippen molar-refractivity contribution in [2.75, 3.05) is 6.61 Å². The second-order valence-electron chi connectivity index (χ2n) is 5.44. The third-order valence-corrected chi connectivity index (χ3v) is 3.88. The Balaban J connectivity index is 2.08. The van der Waals surface area contributed by atoms with Gasteiger partial charge in [0.15, 0.2) is 0 Å². The van der Waals surface area contributed by atoms with Crippen LogP contribution in [0.25, 0.3) is 10.9 Å². The molecule has 1 unspecified atom stereocenters. The molecule has 0 bridgehead atoms. The van der Waals surface area contributed by atoms with E-state index < -0.39 is 0 Å². The van der Waals surface area contributed by atoms with Crippen LogP contribution in [0.3, 0.4) is 0 Å². The van der Waals surface area contributed by atoms with Crippen molar-refractivity contribution < 1.29 is 9.90 Å². The van der Waals surface area contributed by atoms with Gasteiger partial charge in [-0.1, -0.05) is 25.1 Å². The van der Waals surface area contributed by atoms with Gasteiger partial charge in [0.05, 0.1) is 0 Å². The number of rotatable bonds is 6. The molecular formula is C16H22N2O2. The van der Waals surface area contributed by atoms with Crippen molar-refractivity contribution in [1.82, 2.24) is 9.88 Å². The SMILES string of the molecule is CCC(C)(CCO)NC(=O)Cn1ccc2ccccc21. The van der Waals surface area contributed by atoms with Crippen molar-refractivity contribution >= 4 is 16.8 Å². The Morgan fingerprint density at radius 2 is 2.10 bits per heavy atom. The zero-order valence-corrected chi connectivity index (χ0v) is 12.1. The Morgan fingerprint density at radius 3 is 2.80 bits per heavy atom. The normalized spacial score (nSPS) is 14.2. The first-order chi connectivity index (χ1) is 9.58. The van der Waals surface area contributed by atoms with Crippen molar-refractivity contribution in [3.63, 3.8) is 0 Å².